The van der Waals surface area contributed by atoms with Crippen LogP contribution in [0.1, 0.15) is 64.4 Å². The van der Waals surface area contributed by atoms with Gasteiger partial charge in [0, 0.05) is 6.92 Å². The molecule has 6 heteroatoms. The van der Waals surface area contributed by atoms with Crippen molar-refractivity contribution < 1.29 is 9.47 Å². The van der Waals surface area contributed by atoms with Crippen molar-refractivity contribution in [2.45, 2.75) is 77.1 Å². The molecule has 0 radical (unpaired) electrons. The highest BCUT2D eigenvalue weighted by Gasteiger charge is 2.78. The van der Waals surface area contributed by atoms with E-state index in [9.17, 15) is 15.8 Å². The highest BCUT2D eigenvalue weighted by atomic mass is 16.7. The van der Waals surface area contributed by atoms with Crippen molar-refractivity contribution in [2.75, 3.05) is 0 Å². The molecule has 1 aromatic rings. The van der Waals surface area contributed by atoms with Gasteiger partial charge in [-0.1, -0.05) is 75.8 Å². The van der Waals surface area contributed by atoms with Gasteiger partial charge in [0.1, 0.15) is 0 Å². The SMILES string of the molecule is CCCCCCCCC1OC2(C)OC(=N)C(C#N)(C2Cc2ccccc2)C1(C#N)C#N. The van der Waals surface area contributed by atoms with Crippen LogP contribution in [0.25, 0.3) is 0 Å². The second kappa shape index (κ2) is 9.09. The monoisotopic (exact) mass is 418 g/mol. The standard InChI is InChI=1S/C25H30N4O2/c1-3-4-5-6-7-11-14-21-24(16-26,17-27)25(18-28)20(15-19-12-9-8-10-13-19)23(2,30-21)31-22(25)29/h8-10,12-13,20-21,29H,3-7,11,14-15H2,1-2H3. The van der Waals surface area contributed by atoms with Crippen LogP contribution in [0.3, 0.4) is 0 Å². The van der Waals surface area contributed by atoms with Gasteiger partial charge in [-0.05, 0) is 18.4 Å². The van der Waals surface area contributed by atoms with Crippen molar-refractivity contribution in [1.82, 2.24) is 0 Å². The predicted molar refractivity (Wildman–Crippen MR) is 115 cm³/mol. The van der Waals surface area contributed by atoms with Crippen molar-refractivity contribution in [1.29, 1.82) is 21.2 Å². The van der Waals surface area contributed by atoms with Crippen molar-refractivity contribution in [2.24, 2.45) is 16.7 Å². The number of hydrogen-bond donors (Lipinski definition) is 1. The molecule has 6 nitrogen and oxygen atoms in total. The highest BCUT2D eigenvalue weighted by Crippen LogP contribution is 2.63. The third-order valence-electron chi connectivity index (χ3n) is 6.93. The predicted octanol–water partition coefficient (Wildman–Crippen LogP) is 5.26. The molecule has 3 rings (SSSR count). The Balaban J connectivity index is 1.94. The molecule has 4 atom stereocenters. The van der Waals surface area contributed by atoms with E-state index < -0.39 is 28.6 Å². The number of rotatable bonds is 9. The van der Waals surface area contributed by atoms with E-state index in [2.05, 4.69) is 25.1 Å². The molecule has 162 valence electrons. The number of ether oxygens (including phenoxy) is 2. The molecule has 4 unspecified atom stereocenters. The summed E-state index contributed by atoms with van der Waals surface area (Å²) < 4.78 is 12.2. The zero-order valence-electron chi connectivity index (χ0n) is 18.4. The summed E-state index contributed by atoms with van der Waals surface area (Å²) in [4.78, 5) is 0. The van der Waals surface area contributed by atoms with Gasteiger partial charge in [0.2, 0.25) is 11.7 Å². The first-order valence-electron chi connectivity index (χ1n) is 11.2. The molecule has 0 amide bonds. The van der Waals surface area contributed by atoms with Crippen LogP contribution in [0.15, 0.2) is 30.3 Å². The van der Waals surface area contributed by atoms with Crippen molar-refractivity contribution in [3.63, 3.8) is 0 Å². The minimum absolute atomic E-state index is 0.327. The Morgan fingerprint density at radius 3 is 2.23 bits per heavy atom. The van der Waals surface area contributed by atoms with Crippen molar-refractivity contribution >= 4 is 5.90 Å². The van der Waals surface area contributed by atoms with Crippen LogP contribution in [0.5, 0.6) is 0 Å². The summed E-state index contributed by atoms with van der Waals surface area (Å²) in [6.07, 6.45) is 6.48. The van der Waals surface area contributed by atoms with E-state index in [1.807, 2.05) is 30.3 Å². The van der Waals surface area contributed by atoms with Crippen LogP contribution in [-0.2, 0) is 15.9 Å². The van der Waals surface area contributed by atoms with Gasteiger partial charge < -0.3 is 9.47 Å². The molecule has 0 spiro atoms. The fourth-order valence-corrected chi connectivity index (χ4v) is 5.23. The first-order valence-corrected chi connectivity index (χ1v) is 11.2. The Hall–Kier alpha value is -2.88. The number of nitrogens with zero attached hydrogens (tertiary/aromatic N) is 3. The van der Waals surface area contributed by atoms with E-state index in [1.54, 1.807) is 6.92 Å². The average Bonchev–Trinajstić information content (AvgIpc) is 2.94. The average molecular weight is 419 g/mol. The van der Waals surface area contributed by atoms with Crippen LogP contribution >= 0.6 is 0 Å². The van der Waals surface area contributed by atoms with Gasteiger partial charge in [-0.2, -0.15) is 15.8 Å². The lowest BCUT2D eigenvalue weighted by molar-refractivity contribution is -0.270. The summed E-state index contributed by atoms with van der Waals surface area (Å²) in [6, 6.07) is 16.1. The molecule has 0 saturated carbocycles. The smallest absolute Gasteiger partial charge is 0.214 e. The normalized spacial score (nSPS) is 30.6. The first-order chi connectivity index (χ1) is 14.9. The Morgan fingerprint density at radius 2 is 1.61 bits per heavy atom. The van der Waals surface area contributed by atoms with Crippen LogP contribution in [0.2, 0.25) is 0 Å². The third-order valence-corrected chi connectivity index (χ3v) is 6.93. The van der Waals surface area contributed by atoms with Gasteiger partial charge in [-0.3, -0.25) is 5.41 Å². The molecule has 2 heterocycles. The zero-order valence-corrected chi connectivity index (χ0v) is 18.4. The molecule has 31 heavy (non-hydrogen) atoms. The molecule has 0 aromatic heterocycles. The minimum atomic E-state index is -1.79. The van der Waals surface area contributed by atoms with E-state index in [0.29, 0.717) is 12.8 Å². The van der Waals surface area contributed by atoms with E-state index in [-0.39, 0.29) is 5.90 Å². The molecule has 2 fully saturated rings. The second-order valence-corrected chi connectivity index (χ2v) is 8.80. The minimum Gasteiger partial charge on any atom is -0.448 e. The molecule has 1 aromatic carbocycles. The summed E-state index contributed by atoms with van der Waals surface area (Å²) in [5, 5.41) is 39.4. The highest BCUT2D eigenvalue weighted by molar-refractivity contribution is 5.89. The molecular weight excluding hydrogens is 388 g/mol. The van der Waals surface area contributed by atoms with Gasteiger partial charge in [-0.15, -0.1) is 0 Å². The van der Waals surface area contributed by atoms with Crippen LogP contribution in [-0.4, -0.2) is 17.8 Å². The van der Waals surface area contributed by atoms with E-state index >= 15 is 0 Å². The molecular formula is C25H30N4O2. The summed E-state index contributed by atoms with van der Waals surface area (Å²) in [6.45, 7) is 3.91. The number of nitriles is 3. The Kier molecular flexibility index (Phi) is 6.68. The lowest BCUT2D eigenvalue weighted by Crippen LogP contribution is -2.62. The van der Waals surface area contributed by atoms with E-state index in [1.165, 1.54) is 12.8 Å². The number of fused-ring (bicyclic) bond motifs is 2. The van der Waals surface area contributed by atoms with Gasteiger partial charge in [0.15, 0.2) is 10.8 Å². The quantitative estimate of drug-likeness (QED) is 0.549. The van der Waals surface area contributed by atoms with Crippen LogP contribution < -0.4 is 0 Å². The number of unbranched alkanes of at least 4 members (excludes halogenated alkanes) is 5. The first kappa shape index (κ1) is 22.8. The van der Waals surface area contributed by atoms with Gasteiger partial charge >= 0.3 is 0 Å². The fourth-order valence-electron chi connectivity index (χ4n) is 5.23. The fraction of sp³-hybridized carbons (Fsp3) is 0.600. The molecule has 2 bridgehead atoms. The van der Waals surface area contributed by atoms with Gasteiger partial charge in [0.25, 0.3) is 0 Å². The maximum Gasteiger partial charge on any atom is 0.214 e. The lowest BCUT2D eigenvalue weighted by Gasteiger charge is -2.48. The Labute approximate surface area is 184 Å². The third kappa shape index (κ3) is 3.58. The number of nitrogens with one attached hydrogen (secondary N) is 1. The summed E-state index contributed by atoms with van der Waals surface area (Å²) in [7, 11) is 0. The van der Waals surface area contributed by atoms with E-state index in [0.717, 1.165) is 31.2 Å². The van der Waals surface area contributed by atoms with E-state index in [4.69, 9.17) is 14.9 Å². The zero-order chi connectivity index (χ0) is 22.5. The largest absolute Gasteiger partial charge is 0.448 e. The van der Waals surface area contributed by atoms with Crippen LogP contribution in [0.4, 0.5) is 0 Å². The molecule has 1 N–H and O–H groups in total. The van der Waals surface area contributed by atoms with Crippen molar-refractivity contribution in [3.8, 4) is 18.2 Å². The molecule has 2 saturated heterocycles. The number of benzene rings is 1. The molecule has 2 aliphatic rings. The van der Waals surface area contributed by atoms with Gasteiger partial charge in [-0.25, -0.2) is 0 Å². The summed E-state index contributed by atoms with van der Waals surface area (Å²) in [5.74, 6) is -2.20. The van der Waals surface area contributed by atoms with Crippen LogP contribution in [0, 0.1) is 56.2 Å². The Morgan fingerprint density at radius 1 is 0.968 bits per heavy atom. The summed E-state index contributed by atoms with van der Waals surface area (Å²) in [5.41, 5.74) is -2.52. The molecule has 0 aliphatic carbocycles. The lowest BCUT2D eigenvalue weighted by atomic mass is 9.53. The van der Waals surface area contributed by atoms with Gasteiger partial charge in [0.05, 0.1) is 30.2 Å². The topological polar surface area (TPSA) is 114 Å². The number of hydrogen-bond acceptors (Lipinski definition) is 6. The maximum atomic E-state index is 10.4. The Bertz CT molecular complexity index is 912. The molecule has 2 aliphatic heterocycles. The second-order valence-electron chi connectivity index (χ2n) is 8.80. The maximum absolute atomic E-state index is 10.4. The van der Waals surface area contributed by atoms with Crippen molar-refractivity contribution in [3.05, 3.63) is 35.9 Å². The summed E-state index contributed by atoms with van der Waals surface area (Å²) >= 11 is 0.